The molecular weight excluding hydrogens is 250 g/mol. The van der Waals surface area contributed by atoms with Gasteiger partial charge in [0.15, 0.2) is 0 Å². The monoisotopic (exact) mass is 277 g/mol. The SMILES string of the molecule is CCOC(C)(C)CNC(CC)c1ccc2c(c1)CCO2. The van der Waals surface area contributed by atoms with E-state index in [0.29, 0.717) is 6.04 Å². The molecule has 1 N–H and O–H groups in total. The van der Waals surface area contributed by atoms with Crippen molar-refractivity contribution in [3.63, 3.8) is 0 Å². The summed E-state index contributed by atoms with van der Waals surface area (Å²) in [5, 5.41) is 3.64. The molecule has 0 saturated carbocycles. The second-order valence-electron chi connectivity index (χ2n) is 6.00. The van der Waals surface area contributed by atoms with E-state index in [1.165, 1.54) is 11.1 Å². The number of benzene rings is 1. The van der Waals surface area contributed by atoms with Crippen LogP contribution in [-0.4, -0.2) is 25.4 Å². The van der Waals surface area contributed by atoms with Gasteiger partial charge in [-0.05, 0) is 44.4 Å². The smallest absolute Gasteiger partial charge is 0.122 e. The zero-order chi connectivity index (χ0) is 14.6. The molecule has 1 aliphatic heterocycles. The predicted molar refractivity (Wildman–Crippen MR) is 82.4 cm³/mol. The van der Waals surface area contributed by atoms with E-state index in [1.54, 1.807) is 0 Å². The molecule has 3 nitrogen and oxygen atoms in total. The molecule has 0 spiro atoms. The van der Waals surface area contributed by atoms with Crippen molar-refractivity contribution in [1.29, 1.82) is 0 Å². The lowest BCUT2D eigenvalue weighted by Gasteiger charge is -2.28. The van der Waals surface area contributed by atoms with Crippen LogP contribution in [0.5, 0.6) is 5.75 Å². The van der Waals surface area contributed by atoms with Crippen molar-refractivity contribution in [3.05, 3.63) is 29.3 Å². The Morgan fingerprint density at radius 1 is 1.35 bits per heavy atom. The molecular formula is C17H27NO2. The summed E-state index contributed by atoms with van der Waals surface area (Å²) in [7, 11) is 0. The lowest BCUT2D eigenvalue weighted by atomic mass is 9.99. The summed E-state index contributed by atoms with van der Waals surface area (Å²) in [6.45, 7) is 10.9. The van der Waals surface area contributed by atoms with Crippen LogP contribution in [0.15, 0.2) is 18.2 Å². The summed E-state index contributed by atoms with van der Waals surface area (Å²) in [6, 6.07) is 6.95. The standard InChI is InChI=1S/C17H27NO2/c1-5-15(18-12-17(3,4)20-6-2)13-7-8-16-14(11-13)9-10-19-16/h7-8,11,15,18H,5-6,9-10,12H2,1-4H3. The summed E-state index contributed by atoms with van der Waals surface area (Å²) in [5.41, 5.74) is 2.57. The first-order chi connectivity index (χ1) is 9.55. The maximum Gasteiger partial charge on any atom is 0.122 e. The number of nitrogens with one attached hydrogen (secondary N) is 1. The molecule has 1 heterocycles. The molecule has 0 fully saturated rings. The highest BCUT2D eigenvalue weighted by Gasteiger charge is 2.21. The van der Waals surface area contributed by atoms with Crippen LogP contribution in [0.2, 0.25) is 0 Å². The second kappa shape index (κ2) is 6.59. The number of fused-ring (bicyclic) bond motifs is 1. The highest BCUT2D eigenvalue weighted by molar-refractivity contribution is 5.40. The van der Waals surface area contributed by atoms with Gasteiger partial charge in [0.2, 0.25) is 0 Å². The average Bonchev–Trinajstić information content (AvgIpc) is 2.86. The van der Waals surface area contributed by atoms with Crippen LogP contribution in [0, 0.1) is 0 Å². The van der Waals surface area contributed by atoms with E-state index in [-0.39, 0.29) is 5.60 Å². The van der Waals surface area contributed by atoms with Crippen molar-refractivity contribution in [1.82, 2.24) is 5.32 Å². The molecule has 0 aromatic heterocycles. The summed E-state index contributed by atoms with van der Waals surface area (Å²) in [4.78, 5) is 0. The van der Waals surface area contributed by atoms with Gasteiger partial charge in [0.1, 0.15) is 5.75 Å². The topological polar surface area (TPSA) is 30.5 Å². The van der Waals surface area contributed by atoms with Crippen molar-refractivity contribution in [2.45, 2.75) is 52.2 Å². The Morgan fingerprint density at radius 3 is 2.85 bits per heavy atom. The van der Waals surface area contributed by atoms with Crippen LogP contribution in [0.25, 0.3) is 0 Å². The largest absolute Gasteiger partial charge is 0.493 e. The van der Waals surface area contributed by atoms with Crippen molar-refractivity contribution in [2.75, 3.05) is 19.8 Å². The van der Waals surface area contributed by atoms with E-state index >= 15 is 0 Å². The van der Waals surface area contributed by atoms with E-state index < -0.39 is 0 Å². The molecule has 2 rings (SSSR count). The number of rotatable bonds is 7. The number of hydrogen-bond acceptors (Lipinski definition) is 3. The first-order valence-electron chi connectivity index (χ1n) is 7.68. The highest BCUT2D eigenvalue weighted by atomic mass is 16.5. The van der Waals surface area contributed by atoms with Crippen LogP contribution >= 0.6 is 0 Å². The molecule has 1 atom stereocenters. The molecule has 3 heteroatoms. The Hall–Kier alpha value is -1.06. The third-order valence-corrected chi connectivity index (χ3v) is 3.83. The maximum absolute atomic E-state index is 5.75. The molecule has 0 amide bonds. The molecule has 0 radical (unpaired) electrons. The average molecular weight is 277 g/mol. The maximum atomic E-state index is 5.75. The number of hydrogen-bond donors (Lipinski definition) is 1. The predicted octanol–water partition coefficient (Wildman–Crippen LogP) is 3.48. The van der Waals surface area contributed by atoms with Gasteiger partial charge in [0.25, 0.3) is 0 Å². The van der Waals surface area contributed by atoms with Crippen molar-refractivity contribution < 1.29 is 9.47 Å². The number of ether oxygens (including phenoxy) is 2. The van der Waals surface area contributed by atoms with Gasteiger partial charge >= 0.3 is 0 Å². The van der Waals surface area contributed by atoms with Gasteiger partial charge in [-0.25, -0.2) is 0 Å². The summed E-state index contributed by atoms with van der Waals surface area (Å²) >= 11 is 0. The van der Waals surface area contributed by atoms with Crippen LogP contribution in [0.4, 0.5) is 0 Å². The molecule has 1 aromatic carbocycles. The van der Waals surface area contributed by atoms with E-state index in [0.717, 1.165) is 38.3 Å². The first-order valence-corrected chi connectivity index (χ1v) is 7.68. The quantitative estimate of drug-likeness (QED) is 0.827. The lowest BCUT2D eigenvalue weighted by molar-refractivity contribution is -0.0107. The van der Waals surface area contributed by atoms with Gasteiger partial charge in [-0.3, -0.25) is 0 Å². The van der Waals surface area contributed by atoms with E-state index in [4.69, 9.17) is 9.47 Å². The Bertz CT molecular complexity index is 443. The molecule has 0 saturated heterocycles. The molecule has 1 unspecified atom stereocenters. The van der Waals surface area contributed by atoms with Crippen molar-refractivity contribution in [2.24, 2.45) is 0 Å². The lowest BCUT2D eigenvalue weighted by Crippen LogP contribution is -2.39. The van der Waals surface area contributed by atoms with Crippen LogP contribution in [0.1, 0.15) is 51.3 Å². The Balaban J connectivity index is 2.01. The Morgan fingerprint density at radius 2 is 2.15 bits per heavy atom. The highest BCUT2D eigenvalue weighted by Crippen LogP contribution is 2.29. The minimum absolute atomic E-state index is 0.123. The van der Waals surface area contributed by atoms with Gasteiger partial charge in [-0.2, -0.15) is 0 Å². The van der Waals surface area contributed by atoms with Crippen molar-refractivity contribution in [3.8, 4) is 5.75 Å². The van der Waals surface area contributed by atoms with Gasteiger partial charge in [-0.1, -0.05) is 19.1 Å². The first kappa shape index (κ1) is 15.3. The van der Waals surface area contributed by atoms with E-state index in [1.807, 2.05) is 6.92 Å². The normalized spacial score (nSPS) is 15.8. The zero-order valence-electron chi connectivity index (χ0n) is 13.2. The van der Waals surface area contributed by atoms with E-state index in [9.17, 15) is 0 Å². The fraction of sp³-hybridized carbons (Fsp3) is 0.647. The molecule has 1 aromatic rings. The van der Waals surface area contributed by atoms with E-state index in [2.05, 4.69) is 44.3 Å². The van der Waals surface area contributed by atoms with Crippen LogP contribution < -0.4 is 10.1 Å². The fourth-order valence-corrected chi connectivity index (χ4v) is 2.73. The molecule has 1 aliphatic rings. The Kier molecular flexibility index (Phi) is 5.06. The van der Waals surface area contributed by atoms with Crippen LogP contribution in [-0.2, 0) is 11.2 Å². The van der Waals surface area contributed by atoms with Crippen LogP contribution in [0.3, 0.4) is 0 Å². The van der Waals surface area contributed by atoms with Gasteiger partial charge in [-0.15, -0.1) is 0 Å². The minimum atomic E-state index is -0.123. The van der Waals surface area contributed by atoms with Gasteiger partial charge in [0, 0.05) is 25.6 Å². The molecule has 20 heavy (non-hydrogen) atoms. The Labute approximate surface area is 122 Å². The van der Waals surface area contributed by atoms with Gasteiger partial charge in [0.05, 0.1) is 12.2 Å². The second-order valence-corrected chi connectivity index (χ2v) is 6.00. The summed E-state index contributed by atoms with van der Waals surface area (Å²) < 4.78 is 11.3. The molecule has 0 aliphatic carbocycles. The molecule has 0 bridgehead atoms. The third-order valence-electron chi connectivity index (χ3n) is 3.83. The van der Waals surface area contributed by atoms with Crippen molar-refractivity contribution >= 4 is 0 Å². The molecule has 112 valence electrons. The fourth-order valence-electron chi connectivity index (χ4n) is 2.73. The summed E-state index contributed by atoms with van der Waals surface area (Å²) in [5.74, 6) is 1.05. The minimum Gasteiger partial charge on any atom is -0.493 e. The third kappa shape index (κ3) is 3.74. The summed E-state index contributed by atoms with van der Waals surface area (Å²) in [6.07, 6.45) is 2.10. The zero-order valence-corrected chi connectivity index (χ0v) is 13.2. The van der Waals surface area contributed by atoms with Gasteiger partial charge < -0.3 is 14.8 Å².